The van der Waals surface area contributed by atoms with Crippen LogP contribution >= 0.6 is 31.9 Å². The van der Waals surface area contributed by atoms with Crippen molar-refractivity contribution in [3.05, 3.63) is 35.4 Å². The highest BCUT2D eigenvalue weighted by molar-refractivity contribution is 9.24. The smallest absolute Gasteiger partial charge is 0.306 e. The van der Waals surface area contributed by atoms with E-state index in [-0.39, 0.29) is 9.65 Å². The van der Waals surface area contributed by atoms with Gasteiger partial charge in [-0.15, -0.1) is 0 Å². The first-order valence-corrected chi connectivity index (χ1v) is 14.0. The topological polar surface area (TPSA) is 37.3 Å². The van der Waals surface area contributed by atoms with Gasteiger partial charge in [-0.1, -0.05) is 153 Å². The fourth-order valence-corrected chi connectivity index (χ4v) is 4.59. The molecule has 0 aliphatic carbocycles. The van der Waals surface area contributed by atoms with Gasteiger partial charge in [-0.05, 0) is 24.0 Å². The van der Waals surface area contributed by atoms with E-state index in [1.165, 1.54) is 77.0 Å². The first kappa shape index (κ1) is 27.7. The van der Waals surface area contributed by atoms with Crippen LogP contribution in [0.15, 0.2) is 24.3 Å². The lowest BCUT2D eigenvalue weighted by Gasteiger charge is -2.13. The number of rotatable bonds is 19. The Morgan fingerprint density at radius 3 is 1.60 bits per heavy atom. The number of carboxylic acids is 1. The van der Waals surface area contributed by atoms with Crippen molar-refractivity contribution in [1.29, 1.82) is 0 Å². The predicted octanol–water partition coefficient (Wildman–Crippen LogP) is 9.59. The molecule has 0 aliphatic heterocycles. The molecule has 4 heteroatoms. The molecular weight excluding hydrogens is 504 g/mol. The van der Waals surface area contributed by atoms with Crippen molar-refractivity contribution < 1.29 is 9.90 Å². The number of hydrogen-bond donors (Lipinski definition) is 1. The van der Waals surface area contributed by atoms with E-state index >= 15 is 0 Å². The molecule has 0 heterocycles. The van der Waals surface area contributed by atoms with Crippen molar-refractivity contribution >= 4 is 37.8 Å². The van der Waals surface area contributed by atoms with Gasteiger partial charge in [0.1, 0.15) is 0 Å². The zero-order chi connectivity index (χ0) is 22.0. The molecule has 0 saturated heterocycles. The number of halogens is 2. The Bertz CT molecular complexity index is 542. The molecule has 2 nitrogen and oxygen atoms in total. The van der Waals surface area contributed by atoms with Crippen molar-refractivity contribution in [2.45, 2.75) is 113 Å². The van der Waals surface area contributed by atoms with E-state index in [1.54, 1.807) is 0 Å². The molecule has 0 radical (unpaired) electrons. The third-order valence-electron chi connectivity index (χ3n) is 5.97. The molecule has 0 amide bonds. The molecule has 0 spiro atoms. The van der Waals surface area contributed by atoms with Crippen molar-refractivity contribution in [3.63, 3.8) is 0 Å². The quantitative estimate of drug-likeness (QED) is 0.139. The van der Waals surface area contributed by atoms with Crippen molar-refractivity contribution in [3.8, 4) is 0 Å². The van der Waals surface area contributed by atoms with Crippen LogP contribution in [-0.2, 0) is 11.2 Å². The Kier molecular flexibility index (Phi) is 16.8. The lowest BCUT2D eigenvalue weighted by atomic mass is 9.93. The van der Waals surface area contributed by atoms with Gasteiger partial charge >= 0.3 is 5.97 Å². The summed E-state index contributed by atoms with van der Waals surface area (Å²) in [6, 6.07) is 8.20. The van der Waals surface area contributed by atoms with Crippen molar-refractivity contribution in [1.82, 2.24) is 0 Å². The second-order valence-electron chi connectivity index (χ2n) is 8.67. The summed E-state index contributed by atoms with van der Waals surface area (Å²) in [7, 11) is 0. The molecule has 1 N–H and O–H groups in total. The monoisotopic (exact) mass is 544 g/mol. The molecule has 1 atom stereocenters. The molecule has 1 rings (SSSR count). The number of aliphatic carboxylic acids is 1. The number of hydrogen-bond acceptors (Lipinski definition) is 1. The molecule has 1 aromatic rings. The Morgan fingerprint density at radius 2 is 1.20 bits per heavy atom. The first-order chi connectivity index (χ1) is 14.5. The zero-order valence-electron chi connectivity index (χ0n) is 18.9. The molecule has 1 unspecified atom stereocenters. The van der Waals surface area contributed by atoms with E-state index < -0.39 is 5.97 Å². The number of carboxylic acid groups (broad SMARTS) is 1. The van der Waals surface area contributed by atoms with E-state index in [4.69, 9.17) is 0 Å². The van der Waals surface area contributed by atoms with E-state index in [2.05, 4.69) is 50.9 Å². The van der Waals surface area contributed by atoms with Gasteiger partial charge in [-0.2, -0.15) is 0 Å². The van der Waals surface area contributed by atoms with Gasteiger partial charge < -0.3 is 5.11 Å². The van der Waals surface area contributed by atoms with Gasteiger partial charge in [0.2, 0.25) is 0 Å². The van der Waals surface area contributed by atoms with Crippen molar-refractivity contribution in [2.24, 2.45) is 5.92 Å². The Balaban J connectivity index is 2.04. The summed E-state index contributed by atoms with van der Waals surface area (Å²) < 4.78 is 0.143. The van der Waals surface area contributed by atoms with Gasteiger partial charge in [-0.25, -0.2) is 0 Å². The summed E-state index contributed by atoms with van der Waals surface area (Å²) in [5.74, 6) is -0.926. The summed E-state index contributed by atoms with van der Waals surface area (Å²) in [6.45, 7) is 2.27. The van der Waals surface area contributed by atoms with Crippen LogP contribution < -0.4 is 0 Å². The van der Waals surface area contributed by atoms with E-state index in [9.17, 15) is 9.90 Å². The van der Waals surface area contributed by atoms with Gasteiger partial charge in [0, 0.05) is 0 Å². The van der Waals surface area contributed by atoms with Gasteiger partial charge in [-0.3, -0.25) is 4.79 Å². The second kappa shape index (κ2) is 18.2. The minimum atomic E-state index is -0.660. The molecule has 0 aliphatic rings. The Labute approximate surface area is 201 Å². The molecule has 0 fully saturated rings. The average Bonchev–Trinajstić information content (AvgIpc) is 2.73. The minimum Gasteiger partial charge on any atom is -0.481 e. The number of carbonyl (C=O) groups is 1. The largest absolute Gasteiger partial charge is 0.481 e. The van der Waals surface area contributed by atoms with E-state index in [1.807, 2.05) is 12.1 Å². The normalized spacial score (nSPS) is 12.4. The SMILES string of the molecule is CCCCCCCCCCCCCCCCC(Cc1ccc(C(Br)Br)cc1)C(=O)O. The lowest BCUT2D eigenvalue weighted by Crippen LogP contribution is -2.16. The van der Waals surface area contributed by atoms with E-state index in [0.29, 0.717) is 6.42 Å². The lowest BCUT2D eigenvalue weighted by molar-refractivity contribution is -0.142. The number of unbranched alkanes of at least 4 members (excludes halogenated alkanes) is 13. The highest BCUT2D eigenvalue weighted by Crippen LogP contribution is 2.29. The number of alkyl halides is 2. The molecule has 0 bridgehead atoms. The summed E-state index contributed by atoms with van der Waals surface area (Å²) >= 11 is 6.98. The predicted molar refractivity (Wildman–Crippen MR) is 137 cm³/mol. The van der Waals surface area contributed by atoms with Crippen LogP contribution in [0, 0.1) is 5.92 Å². The highest BCUT2D eigenvalue weighted by Gasteiger charge is 2.17. The van der Waals surface area contributed by atoms with Crippen LogP contribution in [0.25, 0.3) is 0 Å². The fourth-order valence-electron chi connectivity index (χ4n) is 3.98. The molecule has 0 aromatic heterocycles. The molecule has 30 heavy (non-hydrogen) atoms. The first-order valence-electron chi connectivity index (χ1n) is 12.1. The third-order valence-corrected chi connectivity index (χ3v) is 7.03. The maximum atomic E-state index is 11.6. The van der Waals surface area contributed by atoms with Gasteiger partial charge in [0.25, 0.3) is 0 Å². The Hall–Kier alpha value is -0.350. The molecule has 0 saturated carbocycles. The highest BCUT2D eigenvalue weighted by atomic mass is 79.9. The fraction of sp³-hybridized carbons (Fsp3) is 0.731. The molecular formula is C26H42Br2O2. The van der Waals surface area contributed by atoms with Gasteiger partial charge in [0.05, 0.1) is 9.65 Å². The zero-order valence-corrected chi connectivity index (χ0v) is 22.1. The number of benzene rings is 1. The van der Waals surface area contributed by atoms with Crippen LogP contribution in [0.5, 0.6) is 0 Å². The van der Waals surface area contributed by atoms with E-state index in [0.717, 1.165) is 30.4 Å². The van der Waals surface area contributed by atoms with Crippen LogP contribution in [0.4, 0.5) is 0 Å². The summed E-state index contributed by atoms with van der Waals surface area (Å²) in [4.78, 5) is 11.6. The van der Waals surface area contributed by atoms with Crippen LogP contribution in [0.1, 0.15) is 118 Å². The molecule has 172 valence electrons. The third kappa shape index (κ3) is 13.9. The minimum absolute atomic E-state index is 0.143. The summed E-state index contributed by atoms with van der Waals surface area (Å²) in [5.41, 5.74) is 2.26. The standard InChI is InChI=1S/C26H42Br2O2/c1-2-3-4-5-6-7-8-9-10-11-12-13-14-15-16-24(26(29)30)21-22-17-19-23(20-18-22)25(27)28/h17-20,24-25H,2-16,21H2,1H3,(H,29,30). The van der Waals surface area contributed by atoms with Crippen LogP contribution in [0.3, 0.4) is 0 Å². The van der Waals surface area contributed by atoms with Gasteiger partial charge in [0.15, 0.2) is 0 Å². The van der Waals surface area contributed by atoms with Crippen LogP contribution in [0.2, 0.25) is 0 Å². The average molecular weight is 546 g/mol. The van der Waals surface area contributed by atoms with Crippen molar-refractivity contribution in [2.75, 3.05) is 0 Å². The molecule has 1 aromatic carbocycles. The summed E-state index contributed by atoms with van der Waals surface area (Å²) in [5, 5.41) is 9.57. The maximum absolute atomic E-state index is 11.6. The maximum Gasteiger partial charge on any atom is 0.306 e. The Morgan fingerprint density at radius 1 is 0.767 bits per heavy atom. The second-order valence-corrected chi connectivity index (χ2v) is 11.7. The van der Waals surface area contributed by atoms with Crippen LogP contribution in [-0.4, -0.2) is 11.1 Å². The summed E-state index contributed by atoms with van der Waals surface area (Å²) in [6.07, 6.45) is 20.0.